The molecule has 5 nitrogen and oxygen atoms in total. The van der Waals surface area contributed by atoms with Crippen molar-refractivity contribution in [3.63, 3.8) is 0 Å². The van der Waals surface area contributed by atoms with Crippen LogP contribution in [0.4, 0.5) is 10.8 Å². The van der Waals surface area contributed by atoms with Gasteiger partial charge in [0.15, 0.2) is 4.34 Å². The SMILES string of the molecule is Cc1cccc(NC(=O)CSc2nnc(NCCc3cccs3)s2)c1C. The van der Waals surface area contributed by atoms with Crippen LogP contribution in [0.3, 0.4) is 0 Å². The summed E-state index contributed by atoms with van der Waals surface area (Å²) in [7, 11) is 0. The van der Waals surface area contributed by atoms with E-state index in [1.165, 1.54) is 28.0 Å². The van der Waals surface area contributed by atoms with Crippen LogP contribution in [0.1, 0.15) is 16.0 Å². The molecule has 2 heterocycles. The number of aryl methyl sites for hydroxylation is 1. The third-order valence-corrected chi connectivity index (χ3v) is 6.79. The largest absolute Gasteiger partial charge is 0.360 e. The van der Waals surface area contributed by atoms with Gasteiger partial charge in [0.05, 0.1) is 5.75 Å². The van der Waals surface area contributed by atoms with Crippen LogP contribution in [-0.2, 0) is 11.2 Å². The summed E-state index contributed by atoms with van der Waals surface area (Å²) in [5.41, 5.74) is 3.13. The van der Waals surface area contributed by atoms with Gasteiger partial charge in [-0.2, -0.15) is 0 Å². The number of rotatable bonds is 8. The summed E-state index contributed by atoms with van der Waals surface area (Å²) >= 11 is 4.64. The van der Waals surface area contributed by atoms with Gasteiger partial charge >= 0.3 is 0 Å². The van der Waals surface area contributed by atoms with E-state index in [9.17, 15) is 4.79 Å². The zero-order valence-electron chi connectivity index (χ0n) is 14.6. The van der Waals surface area contributed by atoms with Crippen LogP contribution in [-0.4, -0.2) is 28.4 Å². The van der Waals surface area contributed by atoms with E-state index >= 15 is 0 Å². The molecule has 0 saturated carbocycles. The fourth-order valence-corrected chi connectivity index (χ4v) is 4.57. The van der Waals surface area contributed by atoms with Crippen LogP contribution in [0.15, 0.2) is 40.1 Å². The van der Waals surface area contributed by atoms with Gasteiger partial charge in [-0.3, -0.25) is 4.79 Å². The number of amides is 1. The first-order valence-electron chi connectivity index (χ1n) is 8.20. The minimum absolute atomic E-state index is 0.0360. The van der Waals surface area contributed by atoms with Crippen molar-refractivity contribution in [3.05, 3.63) is 51.7 Å². The number of nitrogens with one attached hydrogen (secondary N) is 2. The number of benzene rings is 1. The molecule has 1 aromatic carbocycles. The lowest BCUT2D eigenvalue weighted by Gasteiger charge is -2.09. The third kappa shape index (κ3) is 5.30. The Balaban J connectivity index is 1.44. The van der Waals surface area contributed by atoms with Crippen LogP contribution in [0.2, 0.25) is 0 Å². The monoisotopic (exact) mass is 404 g/mol. The fourth-order valence-electron chi connectivity index (χ4n) is 2.29. The van der Waals surface area contributed by atoms with Crippen molar-refractivity contribution in [1.29, 1.82) is 0 Å². The van der Waals surface area contributed by atoms with Crippen LogP contribution in [0.25, 0.3) is 0 Å². The second-order valence-corrected chi connectivity index (χ2v) is 8.95. The lowest BCUT2D eigenvalue weighted by atomic mass is 10.1. The van der Waals surface area contributed by atoms with E-state index in [2.05, 4.69) is 38.3 Å². The average Bonchev–Trinajstić information content (AvgIpc) is 3.29. The number of carbonyl (C=O) groups excluding carboxylic acids is 1. The lowest BCUT2D eigenvalue weighted by molar-refractivity contribution is -0.113. The van der Waals surface area contributed by atoms with Crippen LogP contribution < -0.4 is 10.6 Å². The van der Waals surface area contributed by atoms with E-state index in [-0.39, 0.29) is 5.91 Å². The Morgan fingerprint density at radius 1 is 1.19 bits per heavy atom. The van der Waals surface area contributed by atoms with Gasteiger partial charge in [-0.05, 0) is 48.9 Å². The van der Waals surface area contributed by atoms with Crippen molar-refractivity contribution in [2.75, 3.05) is 22.9 Å². The molecule has 0 fully saturated rings. The third-order valence-electron chi connectivity index (χ3n) is 3.84. The maximum atomic E-state index is 12.2. The summed E-state index contributed by atoms with van der Waals surface area (Å²) in [5, 5.41) is 17.4. The summed E-state index contributed by atoms with van der Waals surface area (Å²) in [4.78, 5) is 13.5. The molecule has 0 aliphatic heterocycles. The Labute approximate surface area is 165 Å². The molecule has 136 valence electrons. The number of anilines is 2. The number of nitrogens with zero attached hydrogens (tertiary/aromatic N) is 2. The normalized spacial score (nSPS) is 10.7. The molecule has 8 heteroatoms. The first-order chi connectivity index (χ1) is 12.6. The maximum absolute atomic E-state index is 12.2. The quantitative estimate of drug-likeness (QED) is 0.537. The van der Waals surface area contributed by atoms with E-state index in [4.69, 9.17) is 0 Å². The lowest BCUT2D eigenvalue weighted by Crippen LogP contribution is -2.15. The molecule has 3 aromatic rings. The molecule has 2 N–H and O–H groups in total. The minimum Gasteiger partial charge on any atom is -0.360 e. The van der Waals surface area contributed by atoms with Crippen molar-refractivity contribution in [2.24, 2.45) is 0 Å². The molecule has 0 unspecified atom stereocenters. The standard InChI is InChI=1S/C18H20N4OS3/c1-12-5-3-7-15(13(12)2)20-16(23)11-25-18-22-21-17(26-18)19-9-8-14-6-4-10-24-14/h3-7,10H,8-9,11H2,1-2H3,(H,19,21)(H,20,23). The molecule has 0 spiro atoms. The van der Waals surface area contributed by atoms with Gasteiger partial charge in [0, 0.05) is 17.1 Å². The zero-order chi connectivity index (χ0) is 18.4. The van der Waals surface area contributed by atoms with E-state index < -0.39 is 0 Å². The Hall–Kier alpha value is -1.90. The van der Waals surface area contributed by atoms with E-state index in [1.807, 2.05) is 32.0 Å². The number of carbonyl (C=O) groups is 1. The molecule has 1 amide bonds. The first-order valence-corrected chi connectivity index (χ1v) is 10.9. The van der Waals surface area contributed by atoms with Crippen LogP contribution >= 0.6 is 34.4 Å². The molecular formula is C18H20N4OS3. The molecule has 0 radical (unpaired) electrons. The molecule has 0 atom stereocenters. The molecule has 0 aliphatic carbocycles. The topological polar surface area (TPSA) is 66.9 Å². The number of aromatic nitrogens is 2. The highest BCUT2D eigenvalue weighted by molar-refractivity contribution is 8.01. The van der Waals surface area contributed by atoms with Crippen molar-refractivity contribution in [1.82, 2.24) is 10.2 Å². The van der Waals surface area contributed by atoms with Crippen molar-refractivity contribution in [3.8, 4) is 0 Å². The number of thiophene rings is 1. The summed E-state index contributed by atoms with van der Waals surface area (Å²) in [6, 6.07) is 10.1. The number of hydrogen-bond acceptors (Lipinski definition) is 7. The Kier molecular flexibility index (Phi) is 6.65. The van der Waals surface area contributed by atoms with Crippen LogP contribution in [0.5, 0.6) is 0 Å². The molecular weight excluding hydrogens is 384 g/mol. The number of thioether (sulfide) groups is 1. The number of hydrogen-bond donors (Lipinski definition) is 2. The Morgan fingerprint density at radius 3 is 2.88 bits per heavy atom. The Bertz CT molecular complexity index is 861. The second-order valence-electron chi connectivity index (χ2n) is 5.71. The predicted octanol–water partition coefficient (Wildman–Crippen LogP) is 4.60. The highest BCUT2D eigenvalue weighted by Crippen LogP contribution is 2.26. The van der Waals surface area contributed by atoms with Gasteiger partial charge in [0.1, 0.15) is 0 Å². The summed E-state index contributed by atoms with van der Waals surface area (Å²) < 4.78 is 0.791. The van der Waals surface area contributed by atoms with Gasteiger partial charge in [0.2, 0.25) is 11.0 Å². The van der Waals surface area contributed by atoms with Gasteiger partial charge in [-0.1, -0.05) is 41.3 Å². The first kappa shape index (κ1) is 18.9. The summed E-state index contributed by atoms with van der Waals surface area (Å²) in [5.74, 6) is 0.281. The van der Waals surface area contributed by atoms with Gasteiger partial charge in [0.25, 0.3) is 0 Å². The Morgan fingerprint density at radius 2 is 2.08 bits per heavy atom. The molecule has 0 saturated heterocycles. The highest BCUT2D eigenvalue weighted by Gasteiger charge is 2.10. The van der Waals surface area contributed by atoms with Gasteiger partial charge in [-0.15, -0.1) is 21.5 Å². The van der Waals surface area contributed by atoms with E-state index in [0.29, 0.717) is 5.75 Å². The molecule has 0 bridgehead atoms. The smallest absolute Gasteiger partial charge is 0.234 e. The predicted molar refractivity (Wildman–Crippen MR) is 112 cm³/mol. The van der Waals surface area contributed by atoms with Crippen LogP contribution in [0, 0.1) is 13.8 Å². The fraction of sp³-hybridized carbons (Fsp3) is 0.278. The van der Waals surface area contributed by atoms with Crippen molar-refractivity contribution in [2.45, 2.75) is 24.6 Å². The highest BCUT2D eigenvalue weighted by atomic mass is 32.2. The second kappa shape index (κ2) is 9.16. The zero-order valence-corrected chi connectivity index (χ0v) is 17.1. The van der Waals surface area contributed by atoms with Crippen molar-refractivity contribution < 1.29 is 4.79 Å². The summed E-state index contributed by atoms with van der Waals surface area (Å²) in [6.07, 6.45) is 0.970. The van der Waals surface area contributed by atoms with E-state index in [0.717, 1.165) is 39.3 Å². The van der Waals surface area contributed by atoms with E-state index in [1.54, 1.807) is 11.3 Å². The average molecular weight is 405 g/mol. The molecule has 2 aromatic heterocycles. The molecule has 0 aliphatic rings. The maximum Gasteiger partial charge on any atom is 0.234 e. The van der Waals surface area contributed by atoms with Gasteiger partial charge in [-0.25, -0.2) is 0 Å². The van der Waals surface area contributed by atoms with Crippen molar-refractivity contribution >= 4 is 51.2 Å². The molecule has 3 rings (SSSR count). The minimum atomic E-state index is -0.0360. The molecule has 26 heavy (non-hydrogen) atoms. The van der Waals surface area contributed by atoms with Gasteiger partial charge < -0.3 is 10.6 Å². The summed E-state index contributed by atoms with van der Waals surface area (Å²) in [6.45, 7) is 4.87.